The molecule has 2 aliphatic heterocycles. The van der Waals surface area contributed by atoms with E-state index < -0.39 is 0 Å². The van der Waals surface area contributed by atoms with Crippen LogP contribution in [0.3, 0.4) is 0 Å². The van der Waals surface area contributed by atoms with Crippen LogP contribution in [0.15, 0.2) is 41.4 Å². The number of hydrogen-bond donors (Lipinski definition) is 3. The van der Waals surface area contributed by atoms with Gasteiger partial charge in [-0.05, 0) is 61.6 Å². The van der Waals surface area contributed by atoms with E-state index in [9.17, 15) is 9.90 Å². The number of carbonyl (C=O) groups is 1. The van der Waals surface area contributed by atoms with E-state index in [1.54, 1.807) is 25.3 Å². The minimum absolute atomic E-state index is 0.116. The van der Waals surface area contributed by atoms with Crippen LogP contribution in [0.2, 0.25) is 0 Å². The predicted molar refractivity (Wildman–Crippen MR) is 116 cm³/mol. The third-order valence-corrected chi connectivity index (χ3v) is 6.75. The Hall–Kier alpha value is -2.38. The first-order valence-electron chi connectivity index (χ1n) is 10.1. The third-order valence-electron chi connectivity index (χ3n) is 5.57. The van der Waals surface area contributed by atoms with Gasteiger partial charge in [-0.2, -0.15) is 0 Å². The number of phenols is 1. The molecular formula is C22H26N4O2S. The van der Waals surface area contributed by atoms with Gasteiger partial charge in [-0.15, -0.1) is 22.0 Å². The smallest absolute Gasteiger partial charge is 0.243 e. The summed E-state index contributed by atoms with van der Waals surface area (Å²) in [7, 11) is 1.57. The summed E-state index contributed by atoms with van der Waals surface area (Å²) >= 11 is 1.82. The molecule has 29 heavy (non-hydrogen) atoms. The zero-order valence-corrected chi connectivity index (χ0v) is 17.3. The van der Waals surface area contributed by atoms with Crippen LogP contribution in [-0.4, -0.2) is 45.6 Å². The maximum absolute atomic E-state index is 11.3. The third kappa shape index (κ3) is 4.97. The molecule has 0 saturated carbocycles. The number of nitrogens with one attached hydrogen (secondary N) is 2. The maximum Gasteiger partial charge on any atom is 0.243 e. The number of thioether (sulfide) groups is 1. The zero-order valence-electron chi connectivity index (χ0n) is 16.5. The van der Waals surface area contributed by atoms with Crippen LogP contribution >= 0.6 is 11.8 Å². The van der Waals surface area contributed by atoms with Crippen molar-refractivity contribution >= 4 is 23.7 Å². The molecule has 2 saturated heterocycles. The number of fused-ring (bicyclic) bond motifs is 2. The van der Waals surface area contributed by atoms with E-state index in [-0.39, 0.29) is 11.7 Å². The summed E-state index contributed by atoms with van der Waals surface area (Å²) in [5, 5.41) is 26.9. The van der Waals surface area contributed by atoms with Crippen molar-refractivity contribution < 1.29 is 9.90 Å². The molecule has 0 spiro atoms. The number of nitrogens with zero attached hydrogens (tertiary/aromatic N) is 2. The summed E-state index contributed by atoms with van der Waals surface area (Å²) in [6, 6.07) is 10.5. The molecule has 3 atom stereocenters. The van der Waals surface area contributed by atoms with Gasteiger partial charge in [0.25, 0.3) is 0 Å². The normalized spacial score (nSPS) is 23.8. The number of rotatable bonds is 5. The van der Waals surface area contributed by atoms with Crippen molar-refractivity contribution in [3.05, 3.63) is 42.0 Å². The fourth-order valence-corrected chi connectivity index (χ4v) is 5.36. The van der Waals surface area contributed by atoms with Gasteiger partial charge < -0.3 is 15.7 Å². The summed E-state index contributed by atoms with van der Waals surface area (Å²) in [4.78, 5) is 11.3. The molecule has 2 aliphatic rings. The van der Waals surface area contributed by atoms with Gasteiger partial charge in [-0.3, -0.25) is 4.79 Å². The fraction of sp³-hybridized carbons (Fsp3) is 0.409. The zero-order chi connectivity index (χ0) is 20.2. The minimum Gasteiger partial charge on any atom is -0.507 e. The van der Waals surface area contributed by atoms with Crippen molar-refractivity contribution in [1.82, 2.24) is 20.8 Å². The second-order valence-electron chi connectivity index (χ2n) is 7.68. The molecule has 3 heterocycles. The first kappa shape index (κ1) is 19.9. The quantitative estimate of drug-likeness (QED) is 0.655. The molecule has 0 aliphatic carbocycles. The lowest BCUT2D eigenvalue weighted by molar-refractivity contribution is -0.115. The molecule has 152 valence electrons. The second-order valence-corrected chi connectivity index (χ2v) is 9.00. The lowest BCUT2D eigenvalue weighted by Gasteiger charge is -2.39. The number of aromatic hydroxyl groups is 1. The van der Waals surface area contributed by atoms with Gasteiger partial charge in [0.2, 0.25) is 5.91 Å². The Bertz CT molecular complexity index is 888. The van der Waals surface area contributed by atoms with E-state index in [1.165, 1.54) is 38.2 Å². The highest BCUT2D eigenvalue weighted by atomic mass is 32.2. The Morgan fingerprint density at radius 3 is 2.66 bits per heavy atom. The highest BCUT2D eigenvalue weighted by molar-refractivity contribution is 7.99. The maximum atomic E-state index is 11.3. The molecule has 7 heteroatoms. The molecule has 0 radical (unpaired) electrons. The van der Waals surface area contributed by atoms with Crippen molar-refractivity contribution in [1.29, 1.82) is 0 Å². The highest BCUT2D eigenvalue weighted by Gasteiger charge is 2.31. The van der Waals surface area contributed by atoms with Crippen molar-refractivity contribution in [2.24, 2.45) is 0 Å². The van der Waals surface area contributed by atoms with Crippen molar-refractivity contribution in [2.75, 3.05) is 7.05 Å². The monoisotopic (exact) mass is 410 g/mol. The number of phenolic OH excluding ortho intramolecular Hbond substituents is 1. The summed E-state index contributed by atoms with van der Waals surface area (Å²) < 4.78 is 0. The number of hydrogen-bond acceptors (Lipinski definition) is 6. The molecule has 2 aromatic rings. The van der Waals surface area contributed by atoms with Gasteiger partial charge in [-0.25, -0.2) is 0 Å². The molecule has 2 fully saturated rings. The van der Waals surface area contributed by atoms with Crippen LogP contribution in [0.4, 0.5) is 0 Å². The lowest BCUT2D eigenvalue weighted by Crippen LogP contribution is -2.49. The van der Waals surface area contributed by atoms with Crippen LogP contribution < -0.4 is 10.6 Å². The van der Waals surface area contributed by atoms with Gasteiger partial charge in [0.15, 0.2) is 0 Å². The van der Waals surface area contributed by atoms with Crippen LogP contribution in [-0.2, 0) is 4.79 Å². The van der Waals surface area contributed by atoms with E-state index in [0.717, 1.165) is 10.6 Å². The summed E-state index contributed by atoms with van der Waals surface area (Å²) in [5.41, 5.74) is 2.00. The van der Waals surface area contributed by atoms with Gasteiger partial charge >= 0.3 is 0 Å². The lowest BCUT2D eigenvalue weighted by atomic mass is 9.87. The molecule has 0 unspecified atom stereocenters. The van der Waals surface area contributed by atoms with E-state index in [2.05, 4.69) is 20.8 Å². The Balaban J connectivity index is 1.42. The van der Waals surface area contributed by atoms with Crippen LogP contribution in [0.1, 0.15) is 37.7 Å². The van der Waals surface area contributed by atoms with E-state index in [1.807, 2.05) is 30.0 Å². The number of amides is 1. The Labute approximate surface area is 175 Å². The molecule has 6 nitrogen and oxygen atoms in total. The summed E-state index contributed by atoms with van der Waals surface area (Å²) in [6.45, 7) is 0. The molecule has 1 aromatic heterocycles. The highest BCUT2D eigenvalue weighted by Crippen LogP contribution is 2.36. The Morgan fingerprint density at radius 2 is 2.00 bits per heavy atom. The Kier molecular flexibility index (Phi) is 6.16. The average molecular weight is 411 g/mol. The second kappa shape index (κ2) is 8.97. The molecule has 4 rings (SSSR count). The van der Waals surface area contributed by atoms with Gasteiger partial charge in [0.1, 0.15) is 10.8 Å². The number of likely N-dealkylation sites (N-methyl/N-ethyl adjacent to an activating group) is 1. The number of aromatic nitrogens is 2. The number of benzene rings is 1. The predicted octanol–water partition coefficient (Wildman–Crippen LogP) is 3.37. The van der Waals surface area contributed by atoms with Crippen LogP contribution in [0.25, 0.3) is 17.3 Å². The van der Waals surface area contributed by atoms with Gasteiger partial charge in [-0.1, -0.05) is 12.5 Å². The van der Waals surface area contributed by atoms with Gasteiger partial charge in [0, 0.05) is 36.0 Å². The van der Waals surface area contributed by atoms with E-state index >= 15 is 0 Å². The first-order valence-corrected chi connectivity index (χ1v) is 11.0. The fourth-order valence-electron chi connectivity index (χ4n) is 4.13. The first-order chi connectivity index (χ1) is 14.1. The molecule has 3 N–H and O–H groups in total. The van der Waals surface area contributed by atoms with E-state index in [0.29, 0.717) is 28.6 Å². The molecule has 2 bridgehead atoms. The standard InChI is InChI=1S/C22H26N4O2S/c1-23-21(28)9-6-14-5-7-18(20(27)11-14)19-8-10-22(26-25-19)29-17-12-15-3-2-4-16(13-17)24-15/h5-11,15-17,24,27H,2-4,12-13H2,1H3,(H,23,28)/b9-6+/t15-,16+,17-. The van der Waals surface area contributed by atoms with Crippen LogP contribution in [0.5, 0.6) is 5.75 Å². The van der Waals surface area contributed by atoms with Crippen molar-refractivity contribution in [3.63, 3.8) is 0 Å². The van der Waals surface area contributed by atoms with E-state index in [4.69, 9.17) is 0 Å². The SMILES string of the molecule is CNC(=O)/C=C/c1ccc(-c2ccc(S[C@@H]3C[C@H]4CCC[C@@H](C3)N4)nn2)c(O)c1. The van der Waals surface area contributed by atoms with Crippen molar-refractivity contribution in [3.8, 4) is 17.0 Å². The van der Waals surface area contributed by atoms with Crippen molar-refractivity contribution in [2.45, 2.75) is 54.5 Å². The number of carbonyl (C=O) groups excluding carboxylic acids is 1. The van der Waals surface area contributed by atoms with Gasteiger partial charge in [0.05, 0.1) is 5.69 Å². The average Bonchev–Trinajstić information content (AvgIpc) is 2.72. The summed E-state index contributed by atoms with van der Waals surface area (Å²) in [5.74, 6) is -0.0742. The molecular weight excluding hydrogens is 384 g/mol. The molecule has 1 amide bonds. The minimum atomic E-state index is -0.190. The topological polar surface area (TPSA) is 87.1 Å². The summed E-state index contributed by atoms with van der Waals surface area (Å²) in [6.07, 6.45) is 9.37. The van der Waals surface area contributed by atoms with Crippen LogP contribution in [0, 0.1) is 0 Å². The largest absolute Gasteiger partial charge is 0.507 e. The Morgan fingerprint density at radius 1 is 1.21 bits per heavy atom. The molecule has 1 aromatic carbocycles. The number of piperidine rings is 2.